The number of benzene rings is 3. The third kappa shape index (κ3) is 3.65. The van der Waals surface area contributed by atoms with Crippen molar-refractivity contribution in [3.63, 3.8) is 0 Å². The number of hydrogen-bond donors (Lipinski definition) is 3. The Labute approximate surface area is 186 Å². The Bertz CT molecular complexity index is 1190. The minimum atomic E-state index is -5.04. The maximum absolute atomic E-state index is 12.9. The van der Waals surface area contributed by atoms with Gasteiger partial charge in [-0.05, 0) is 41.5 Å². The number of halogens is 4. The van der Waals surface area contributed by atoms with Gasteiger partial charge in [0.15, 0.2) is 10.5 Å². The van der Waals surface area contributed by atoms with E-state index in [4.69, 9.17) is 46.4 Å². The van der Waals surface area contributed by atoms with E-state index in [1.165, 1.54) is 42.5 Å². The Morgan fingerprint density at radius 3 is 1.79 bits per heavy atom. The molecule has 1 unspecified atom stereocenters. The van der Waals surface area contributed by atoms with Crippen LogP contribution >= 0.6 is 46.4 Å². The summed E-state index contributed by atoms with van der Waals surface area (Å²) in [6.07, 6.45) is 0. The van der Waals surface area contributed by atoms with Crippen LogP contribution in [0.15, 0.2) is 54.6 Å². The molecular formula is C19H12Cl4O5S. The molecule has 3 rings (SSSR count). The number of rotatable bonds is 4. The summed E-state index contributed by atoms with van der Waals surface area (Å²) in [6.45, 7) is 0. The summed E-state index contributed by atoms with van der Waals surface area (Å²) < 4.78 is 33.9. The predicted octanol–water partition coefficient (Wildman–Crippen LogP) is 5.89. The minimum absolute atomic E-state index is 0.0172. The molecule has 0 aliphatic heterocycles. The van der Waals surface area contributed by atoms with Crippen LogP contribution in [0.1, 0.15) is 16.7 Å². The first-order valence-corrected chi connectivity index (χ1v) is 10.8. The summed E-state index contributed by atoms with van der Waals surface area (Å²) in [5.41, 5.74) is -0.347. The van der Waals surface area contributed by atoms with Gasteiger partial charge in [0.2, 0.25) is 0 Å². The van der Waals surface area contributed by atoms with Crippen molar-refractivity contribution in [2.75, 3.05) is 0 Å². The van der Waals surface area contributed by atoms with E-state index in [2.05, 4.69) is 0 Å². The zero-order valence-electron chi connectivity index (χ0n) is 14.3. The molecule has 0 radical (unpaired) electrons. The molecule has 0 bridgehead atoms. The summed E-state index contributed by atoms with van der Waals surface area (Å²) in [4.78, 5) is 0. The normalized spacial score (nSPS) is 13.8. The summed E-state index contributed by atoms with van der Waals surface area (Å²) in [7, 11) is -5.04. The Morgan fingerprint density at radius 2 is 1.28 bits per heavy atom. The van der Waals surface area contributed by atoms with Gasteiger partial charge in [-0.25, -0.2) is 0 Å². The molecule has 1 atom stereocenters. The summed E-state index contributed by atoms with van der Waals surface area (Å²) in [5.74, 6) is -0.885. The fourth-order valence-electron chi connectivity index (χ4n) is 3.17. The third-order valence-electron chi connectivity index (χ3n) is 4.42. The van der Waals surface area contributed by atoms with Gasteiger partial charge in [-0.1, -0.05) is 70.7 Å². The average Bonchev–Trinajstić information content (AvgIpc) is 2.63. The van der Waals surface area contributed by atoms with E-state index in [0.717, 1.165) is 12.1 Å². The van der Waals surface area contributed by atoms with Crippen molar-refractivity contribution >= 4 is 56.5 Å². The number of aromatic hydroxyl groups is 2. The molecule has 0 heterocycles. The Balaban J connectivity index is 2.58. The number of para-hydroxylation sites is 1. The van der Waals surface area contributed by atoms with Crippen LogP contribution in [0, 0.1) is 0 Å². The van der Waals surface area contributed by atoms with E-state index in [0.29, 0.717) is 0 Å². The number of phenolic OH excluding ortho intramolecular Hbond substituents is 2. The highest BCUT2D eigenvalue weighted by Crippen LogP contribution is 2.50. The van der Waals surface area contributed by atoms with E-state index in [-0.39, 0.29) is 36.8 Å². The van der Waals surface area contributed by atoms with E-state index in [1.54, 1.807) is 0 Å². The topological polar surface area (TPSA) is 94.8 Å². The van der Waals surface area contributed by atoms with Crippen LogP contribution in [0.3, 0.4) is 0 Å². The first-order chi connectivity index (χ1) is 13.5. The molecule has 0 aromatic heterocycles. The molecule has 3 aromatic rings. The van der Waals surface area contributed by atoms with Crippen molar-refractivity contribution in [1.29, 1.82) is 0 Å². The first-order valence-electron chi connectivity index (χ1n) is 7.89. The summed E-state index contributed by atoms with van der Waals surface area (Å²) in [5, 5.41) is 20.1. The van der Waals surface area contributed by atoms with Crippen molar-refractivity contribution in [3.8, 4) is 11.5 Å². The summed E-state index contributed by atoms with van der Waals surface area (Å²) >= 11 is 24.1. The standard InChI is InChI=1S/C19H12Cl4O5S/c20-13-6-5-10(7-14(13)21)19(29(26,27)28,12-3-1-2-4-17(12)24)11-8-15(22)18(25)16(23)9-11/h1-9,24-25H,(H,26,27,28). The zero-order chi connectivity index (χ0) is 21.6. The molecule has 5 nitrogen and oxygen atoms in total. The molecule has 0 spiro atoms. The number of phenols is 2. The maximum Gasteiger partial charge on any atom is 0.283 e. The number of hydrogen-bond acceptors (Lipinski definition) is 4. The van der Waals surface area contributed by atoms with Crippen molar-refractivity contribution in [3.05, 3.63) is 91.4 Å². The van der Waals surface area contributed by atoms with Gasteiger partial charge in [0, 0.05) is 5.56 Å². The molecule has 0 saturated heterocycles. The van der Waals surface area contributed by atoms with E-state index >= 15 is 0 Å². The predicted molar refractivity (Wildman–Crippen MR) is 114 cm³/mol. The minimum Gasteiger partial charge on any atom is -0.508 e. The average molecular weight is 494 g/mol. The quantitative estimate of drug-likeness (QED) is 0.311. The van der Waals surface area contributed by atoms with Crippen LogP contribution in [0.25, 0.3) is 0 Å². The van der Waals surface area contributed by atoms with Gasteiger partial charge in [0.05, 0.1) is 20.1 Å². The molecule has 0 aliphatic rings. The van der Waals surface area contributed by atoms with Crippen LogP contribution in [-0.4, -0.2) is 23.2 Å². The highest BCUT2D eigenvalue weighted by molar-refractivity contribution is 7.87. The lowest BCUT2D eigenvalue weighted by atomic mass is 9.83. The fourth-order valence-corrected chi connectivity index (χ4v) is 5.25. The SMILES string of the molecule is O=S(=O)(O)C(c1ccc(Cl)c(Cl)c1)(c1cc(Cl)c(O)c(Cl)c1)c1ccccc1O. The lowest BCUT2D eigenvalue weighted by Crippen LogP contribution is -2.38. The van der Waals surface area contributed by atoms with Gasteiger partial charge in [0.1, 0.15) is 5.75 Å². The fraction of sp³-hybridized carbons (Fsp3) is 0.0526. The molecule has 3 aromatic carbocycles. The van der Waals surface area contributed by atoms with Crippen LogP contribution < -0.4 is 0 Å². The third-order valence-corrected chi connectivity index (χ3v) is 7.20. The Kier molecular flexibility index (Phi) is 5.98. The monoisotopic (exact) mass is 492 g/mol. The van der Waals surface area contributed by atoms with Crippen LogP contribution in [-0.2, 0) is 14.9 Å². The van der Waals surface area contributed by atoms with Gasteiger partial charge < -0.3 is 10.2 Å². The highest BCUT2D eigenvalue weighted by Gasteiger charge is 2.50. The molecule has 10 heteroatoms. The molecule has 3 N–H and O–H groups in total. The molecule has 0 aliphatic carbocycles. The second-order valence-corrected chi connectivity index (χ2v) is 9.28. The van der Waals surface area contributed by atoms with Gasteiger partial charge in [-0.3, -0.25) is 4.55 Å². The Hall–Kier alpha value is -1.67. The van der Waals surface area contributed by atoms with Crippen molar-refractivity contribution < 1.29 is 23.2 Å². The second kappa shape index (κ2) is 7.87. The molecule has 0 fully saturated rings. The Morgan fingerprint density at radius 1 is 0.724 bits per heavy atom. The lowest BCUT2D eigenvalue weighted by Gasteiger charge is -2.33. The lowest BCUT2D eigenvalue weighted by molar-refractivity contribution is 0.440. The molecule has 0 saturated carbocycles. The van der Waals surface area contributed by atoms with Gasteiger partial charge in [0.25, 0.3) is 10.1 Å². The van der Waals surface area contributed by atoms with E-state index in [1.807, 2.05) is 0 Å². The first kappa shape index (κ1) is 22.0. The molecule has 29 heavy (non-hydrogen) atoms. The second-order valence-electron chi connectivity index (χ2n) is 6.09. The zero-order valence-corrected chi connectivity index (χ0v) is 18.1. The van der Waals surface area contributed by atoms with Crippen LogP contribution in [0.2, 0.25) is 20.1 Å². The summed E-state index contributed by atoms with van der Waals surface area (Å²) in [6, 6.07) is 11.7. The largest absolute Gasteiger partial charge is 0.508 e. The van der Waals surface area contributed by atoms with E-state index < -0.39 is 26.4 Å². The smallest absolute Gasteiger partial charge is 0.283 e. The molecular weight excluding hydrogens is 482 g/mol. The molecule has 0 amide bonds. The van der Waals surface area contributed by atoms with E-state index in [9.17, 15) is 23.2 Å². The van der Waals surface area contributed by atoms with Crippen molar-refractivity contribution in [1.82, 2.24) is 0 Å². The van der Waals surface area contributed by atoms with Crippen LogP contribution in [0.4, 0.5) is 0 Å². The highest BCUT2D eigenvalue weighted by atomic mass is 35.5. The maximum atomic E-state index is 12.9. The van der Waals surface area contributed by atoms with Crippen LogP contribution in [0.5, 0.6) is 11.5 Å². The van der Waals surface area contributed by atoms with Crippen molar-refractivity contribution in [2.45, 2.75) is 4.75 Å². The molecule has 152 valence electrons. The van der Waals surface area contributed by atoms with Crippen molar-refractivity contribution in [2.24, 2.45) is 0 Å². The van der Waals surface area contributed by atoms with Gasteiger partial charge >= 0.3 is 0 Å². The van der Waals surface area contributed by atoms with Gasteiger partial charge in [-0.15, -0.1) is 0 Å². The van der Waals surface area contributed by atoms with Gasteiger partial charge in [-0.2, -0.15) is 8.42 Å².